The first-order valence-electron chi connectivity index (χ1n) is 6.24. The van der Waals surface area contributed by atoms with E-state index in [0.717, 1.165) is 12.8 Å². The van der Waals surface area contributed by atoms with Crippen LogP contribution in [0.3, 0.4) is 0 Å². The Morgan fingerprint density at radius 3 is 2.63 bits per heavy atom. The van der Waals surface area contributed by atoms with Gasteiger partial charge in [-0.05, 0) is 43.4 Å². The molecular weight excluding hydrogens is 246 g/mol. The lowest BCUT2D eigenvalue weighted by molar-refractivity contribution is -0.147. The Hall–Kier alpha value is -2.04. The first-order chi connectivity index (χ1) is 8.91. The highest BCUT2D eigenvalue weighted by Gasteiger charge is 2.48. The average Bonchev–Trinajstić information content (AvgIpc) is 3.12. The highest BCUT2D eigenvalue weighted by atomic mass is 16.4. The van der Waals surface area contributed by atoms with Crippen LogP contribution in [0.5, 0.6) is 5.75 Å². The van der Waals surface area contributed by atoms with Gasteiger partial charge in [-0.1, -0.05) is 12.1 Å². The van der Waals surface area contributed by atoms with E-state index in [-0.39, 0.29) is 24.0 Å². The molecule has 3 N–H and O–H groups in total. The molecule has 1 aliphatic carbocycles. The van der Waals surface area contributed by atoms with Crippen molar-refractivity contribution in [3.63, 3.8) is 0 Å². The molecule has 102 valence electrons. The van der Waals surface area contributed by atoms with Gasteiger partial charge in [0.1, 0.15) is 11.3 Å². The molecule has 5 nitrogen and oxygen atoms in total. The number of hydrogen-bond acceptors (Lipinski definition) is 3. The molecule has 0 aromatic heterocycles. The second kappa shape index (κ2) is 4.91. The number of benzene rings is 1. The number of phenolic OH excluding ortho intramolecular Hbond substituents is 1. The maximum Gasteiger partial charge on any atom is 0.329 e. The van der Waals surface area contributed by atoms with Gasteiger partial charge >= 0.3 is 5.97 Å². The SMILES string of the molecule is CC(NC(=O)Cc1cccc(O)c1)(C(=O)O)C1CC1. The van der Waals surface area contributed by atoms with Gasteiger partial charge in [0, 0.05) is 0 Å². The standard InChI is InChI=1S/C14H17NO4/c1-14(13(18)19,10-5-6-10)15-12(17)8-9-3-2-4-11(16)7-9/h2-4,7,10,16H,5-6,8H2,1H3,(H,15,17)(H,18,19). The van der Waals surface area contributed by atoms with Gasteiger partial charge < -0.3 is 15.5 Å². The molecule has 1 aromatic rings. The van der Waals surface area contributed by atoms with Gasteiger partial charge in [0.25, 0.3) is 0 Å². The number of hydrogen-bond donors (Lipinski definition) is 3. The Balaban J connectivity index is 2.02. The van der Waals surface area contributed by atoms with Gasteiger partial charge in [0.05, 0.1) is 6.42 Å². The zero-order valence-electron chi connectivity index (χ0n) is 10.7. The van der Waals surface area contributed by atoms with Crippen LogP contribution in [0.15, 0.2) is 24.3 Å². The van der Waals surface area contributed by atoms with E-state index in [1.165, 1.54) is 12.1 Å². The lowest BCUT2D eigenvalue weighted by Crippen LogP contribution is -2.54. The molecule has 0 bridgehead atoms. The Labute approximate surface area is 111 Å². The second-order valence-corrected chi connectivity index (χ2v) is 5.18. The minimum Gasteiger partial charge on any atom is -0.508 e. The predicted octanol–water partition coefficient (Wildman–Crippen LogP) is 1.30. The van der Waals surface area contributed by atoms with Crippen LogP contribution >= 0.6 is 0 Å². The number of carbonyl (C=O) groups excluding carboxylic acids is 1. The summed E-state index contributed by atoms with van der Waals surface area (Å²) >= 11 is 0. The molecular formula is C14H17NO4. The van der Waals surface area contributed by atoms with Crippen molar-refractivity contribution < 1.29 is 19.8 Å². The molecule has 2 rings (SSSR count). The molecule has 19 heavy (non-hydrogen) atoms. The first-order valence-corrected chi connectivity index (χ1v) is 6.24. The van der Waals surface area contributed by atoms with Crippen LogP contribution in [0.25, 0.3) is 0 Å². The third-order valence-electron chi connectivity index (χ3n) is 3.51. The van der Waals surface area contributed by atoms with Crippen molar-refractivity contribution in [3.8, 4) is 5.75 Å². The van der Waals surface area contributed by atoms with Gasteiger partial charge in [-0.2, -0.15) is 0 Å². The highest BCUT2D eigenvalue weighted by Crippen LogP contribution is 2.39. The van der Waals surface area contributed by atoms with Crippen LogP contribution in [-0.4, -0.2) is 27.6 Å². The van der Waals surface area contributed by atoms with E-state index in [1.54, 1.807) is 19.1 Å². The summed E-state index contributed by atoms with van der Waals surface area (Å²) < 4.78 is 0. The lowest BCUT2D eigenvalue weighted by atomic mass is 9.95. The molecule has 0 radical (unpaired) electrons. The van der Waals surface area contributed by atoms with Crippen molar-refractivity contribution in [2.24, 2.45) is 5.92 Å². The first kappa shape index (κ1) is 13.4. The smallest absolute Gasteiger partial charge is 0.329 e. The molecule has 1 aliphatic rings. The van der Waals surface area contributed by atoms with Crippen molar-refractivity contribution in [1.82, 2.24) is 5.32 Å². The second-order valence-electron chi connectivity index (χ2n) is 5.18. The third-order valence-corrected chi connectivity index (χ3v) is 3.51. The quantitative estimate of drug-likeness (QED) is 0.747. The maximum absolute atomic E-state index is 11.9. The molecule has 0 heterocycles. The highest BCUT2D eigenvalue weighted by molar-refractivity contribution is 5.88. The number of rotatable bonds is 5. The Morgan fingerprint density at radius 1 is 1.42 bits per heavy atom. The summed E-state index contributed by atoms with van der Waals surface area (Å²) in [5, 5.41) is 21.2. The van der Waals surface area contributed by atoms with Crippen LogP contribution in [0, 0.1) is 5.92 Å². The molecule has 0 aliphatic heterocycles. The van der Waals surface area contributed by atoms with Crippen LogP contribution in [-0.2, 0) is 16.0 Å². The minimum absolute atomic E-state index is 0.0122. The van der Waals surface area contributed by atoms with Crippen molar-refractivity contribution >= 4 is 11.9 Å². The summed E-state index contributed by atoms with van der Waals surface area (Å²) in [7, 11) is 0. The topological polar surface area (TPSA) is 86.6 Å². The molecule has 1 saturated carbocycles. The number of nitrogens with one attached hydrogen (secondary N) is 1. The van der Waals surface area contributed by atoms with E-state index >= 15 is 0 Å². The zero-order valence-corrected chi connectivity index (χ0v) is 10.7. The number of aliphatic carboxylic acids is 1. The largest absolute Gasteiger partial charge is 0.508 e. The minimum atomic E-state index is -1.19. The van der Waals surface area contributed by atoms with Crippen LogP contribution in [0.2, 0.25) is 0 Å². The number of carboxylic acids is 1. The van der Waals surface area contributed by atoms with Crippen molar-refractivity contribution in [2.45, 2.75) is 31.7 Å². The summed E-state index contributed by atoms with van der Waals surface area (Å²) in [6.07, 6.45) is 1.72. The number of carboxylic acid groups (broad SMARTS) is 1. The summed E-state index contributed by atoms with van der Waals surface area (Å²) in [4.78, 5) is 23.2. The fourth-order valence-electron chi connectivity index (χ4n) is 2.18. The summed E-state index contributed by atoms with van der Waals surface area (Å²) in [5.74, 6) is -1.24. The van der Waals surface area contributed by atoms with E-state index in [0.29, 0.717) is 5.56 Å². The fourth-order valence-corrected chi connectivity index (χ4v) is 2.18. The Morgan fingerprint density at radius 2 is 2.11 bits per heavy atom. The molecule has 0 saturated heterocycles. The van der Waals surface area contributed by atoms with Gasteiger partial charge in [0.2, 0.25) is 5.91 Å². The van der Waals surface area contributed by atoms with Gasteiger partial charge in [0.15, 0.2) is 0 Å². The Kier molecular flexibility index (Phi) is 3.46. The lowest BCUT2D eigenvalue weighted by Gasteiger charge is -2.26. The molecule has 1 atom stereocenters. The molecule has 1 unspecified atom stereocenters. The molecule has 1 amide bonds. The van der Waals surface area contributed by atoms with Gasteiger partial charge in [-0.15, -0.1) is 0 Å². The van der Waals surface area contributed by atoms with Crippen molar-refractivity contribution in [2.75, 3.05) is 0 Å². The zero-order chi connectivity index (χ0) is 14.0. The molecule has 1 fully saturated rings. The van der Waals surface area contributed by atoms with Gasteiger partial charge in [-0.3, -0.25) is 4.79 Å². The van der Waals surface area contributed by atoms with Crippen molar-refractivity contribution in [1.29, 1.82) is 0 Å². The van der Waals surface area contributed by atoms with Crippen molar-refractivity contribution in [3.05, 3.63) is 29.8 Å². The van der Waals surface area contributed by atoms with Crippen LogP contribution in [0.1, 0.15) is 25.3 Å². The average molecular weight is 263 g/mol. The Bertz CT molecular complexity index is 510. The summed E-state index contributed by atoms with van der Waals surface area (Å²) in [5.41, 5.74) is -0.533. The third kappa shape index (κ3) is 3.05. The molecule has 1 aromatic carbocycles. The van der Waals surface area contributed by atoms with E-state index in [4.69, 9.17) is 0 Å². The number of phenols is 1. The van der Waals surface area contributed by atoms with Crippen LogP contribution in [0.4, 0.5) is 0 Å². The van der Waals surface area contributed by atoms with Gasteiger partial charge in [-0.25, -0.2) is 4.79 Å². The number of aromatic hydroxyl groups is 1. The normalized spacial score (nSPS) is 17.5. The van der Waals surface area contributed by atoms with E-state index < -0.39 is 11.5 Å². The number of carbonyl (C=O) groups is 2. The van der Waals surface area contributed by atoms with Crippen LogP contribution < -0.4 is 5.32 Å². The summed E-state index contributed by atoms with van der Waals surface area (Å²) in [6.45, 7) is 1.55. The molecule has 5 heteroatoms. The van der Waals surface area contributed by atoms with E-state index in [2.05, 4.69) is 5.32 Å². The fraction of sp³-hybridized carbons (Fsp3) is 0.429. The molecule has 0 spiro atoms. The van der Waals surface area contributed by atoms with E-state index in [9.17, 15) is 19.8 Å². The summed E-state index contributed by atoms with van der Waals surface area (Å²) in [6, 6.07) is 6.38. The van der Waals surface area contributed by atoms with E-state index in [1.807, 2.05) is 0 Å². The number of amides is 1. The monoisotopic (exact) mass is 263 g/mol. The maximum atomic E-state index is 11.9. The predicted molar refractivity (Wildman–Crippen MR) is 68.7 cm³/mol.